The molecule has 1 aromatic heterocycles. The van der Waals surface area contributed by atoms with E-state index in [-0.39, 0.29) is 30.3 Å². The molecule has 0 fully saturated rings. The van der Waals surface area contributed by atoms with Crippen molar-refractivity contribution in [2.75, 3.05) is 20.7 Å². The number of amides is 1. The predicted octanol–water partition coefficient (Wildman–Crippen LogP) is 0.341. The monoisotopic (exact) mass is 295 g/mol. The number of hydrogen-bond acceptors (Lipinski definition) is 5. The molecular formula is C14H21N3O4. The molecule has 21 heavy (non-hydrogen) atoms. The first kappa shape index (κ1) is 16.9. The van der Waals surface area contributed by atoms with Crippen molar-refractivity contribution >= 4 is 11.9 Å². The summed E-state index contributed by atoms with van der Waals surface area (Å²) in [5.74, 6) is 0.0747. The number of carbonyl (C=O) groups excluding carboxylic acids is 2. The van der Waals surface area contributed by atoms with Crippen molar-refractivity contribution in [2.24, 2.45) is 0 Å². The summed E-state index contributed by atoms with van der Waals surface area (Å²) < 4.78 is 4.52. The number of nitrogens with zero attached hydrogens (tertiary/aromatic N) is 2. The lowest BCUT2D eigenvalue weighted by Crippen LogP contribution is -2.30. The molecule has 0 saturated carbocycles. The predicted molar refractivity (Wildman–Crippen MR) is 76.9 cm³/mol. The number of carbonyl (C=O) groups is 2. The number of esters is 1. The molecule has 1 heterocycles. The van der Waals surface area contributed by atoms with Crippen LogP contribution in [0.15, 0.2) is 4.79 Å². The standard InChI is InChI=1S/C14H21N3O4/c1-9-11(14(20)16-10(2)15-9)5-6-12(18)17(3)8-7-13(19)21-4/h5-8H2,1-4H3,(H,15,16,20). The quantitative estimate of drug-likeness (QED) is 0.764. The highest BCUT2D eigenvalue weighted by atomic mass is 16.5. The second-order valence-corrected chi connectivity index (χ2v) is 4.86. The molecule has 0 bridgehead atoms. The molecule has 1 rings (SSSR count). The van der Waals surface area contributed by atoms with Gasteiger partial charge < -0.3 is 14.6 Å². The van der Waals surface area contributed by atoms with Gasteiger partial charge in [-0.15, -0.1) is 0 Å². The Balaban J connectivity index is 2.57. The molecule has 0 radical (unpaired) electrons. The van der Waals surface area contributed by atoms with Gasteiger partial charge in [-0.25, -0.2) is 4.98 Å². The minimum absolute atomic E-state index is 0.127. The zero-order chi connectivity index (χ0) is 16.0. The Labute approximate surface area is 123 Å². The molecule has 0 aliphatic carbocycles. The van der Waals surface area contributed by atoms with Gasteiger partial charge in [0.25, 0.3) is 5.56 Å². The third kappa shape index (κ3) is 5.02. The Morgan fingerprint density at radius 3 is 2.52 bits per heavy atom. The van der Waals surface area contributed by atoms with Crippen molar-refractivity contribution in [3.8, 4) is 0 Å². The van der Waals surface area contributed by atoms with Gasteiger partial charge in [0.2, 0.25) is 5.91 Å². The summed E-state index contributed by atoms with van der Waals surface area (Å²) in [6.07, 6.45) is 0.687. The van der Waals surface area contributed by atoms with E-state index in [1.54, 1.807) is 20.9 Å². The number of rotatable bonds is 6. The van der Waals surface area contributed by atoms with E-state index < -0.39 is 0 Å². The van der Waals surface area contributed by atoms with Gasteiger partial charge in [-0.05, 0) is 20.3 Å². The van der Waals surface area contributed by atoms with Crippen LogP contribution in [0.5, 0.6) is 0 Å². The molecule has 0 atom stereocenters. The number of ether oxygens (including phenoxy) is 1. The van der Waals surface area contributed by atoms with Crippen LogP contribution >= 0.6 is 0 Å². The Hall–Kier alpha value is -2.18. The topological polar surface area (TPSA) is 92.4 Å². The van der Waals surface area contributed by atoms with Crippen LogP contribution in [0.3, 0.4) is 0 Å². The molecular weight excluding hydrogens is 274 g/mol. The second kappa shape index (κ2) is 7.56. The summed E-state index contributed by atoms with van der Waals surface area (Å²) in [5, 5.41) is 0. The van der Waals surface area contributed by atoms with Gasteiger partial charge >= 0.3 is 5.97 Å². The molecule has 0 spiro atoms. The zero-order valence-corrected chi connectivity index (χ0v) is 12.9. The van der Waals surface area contributed by atoms with Crippen LogP contribution in [-0.4, -0.2) is 47.4 Å². The van der Waals surface area contributed by atoms with Gasteiger partial charge in [-0.1, -0.05) is 0 Å². The summed E-state index contributed by atoms with van der Waals surface area (Å²) >= 11 is 0. The maximum Gasteiger partial charge on any atom is 0.307 e. The molecule has 1 N–H and O–H groups in total. The summed E-state index contributed by atoms with van der Waals surface area (Å²) in [5.41, 5.74) is 0.960. The fraction of sp³-hybridized carbons (Fsp3) is 0.571. The summed E-state index contributed by atoms with van der Waals surface area (Å²) in [6, 6.07) is 0. The molecule has 0 aliphatic rings. The molecule has 7 heteroatoms. The van der Waals surface area contributed by atoms with Crippen molar-refractivity contribution in [3.05, 3.63) is 27.4 Å². The highest BCUT2D eigenvalue weighted by Gasteiger charge is 2.13. The van der Waals surface area contributed by atoms with Crippen LogP contribution in [0.4, 0.5) is 0 Å². The Morgan fingerprint density at radius 1 is 1.29 bits per heavy atom. The maximum absolute atomic E-state index is 11.9. The van der Waals surface area contributed by atoms with Crippen LogP contribution in [0.1, 0.15) is 29.9 Å². The van der Waals surface area contributed by atoms with Crippen molar-refractivity contribution in [1.82, 2.24) is 14.9 Å². The zero-order valence-electron chi connectivity index (χ0n) is 12.9. The van der Waals surface area contributed by atoms with Crippen molar-refractivity contribution < 1.29 is 14.3 Å². The Kier molecular flexibility index (Phi) is 6.08. The SMILES string of the molecule is COC(=O)CCN(C)C(=O)CCc1c(C)nc(C)[nH]c1=O. The molecule has 7 nitrogen and oxygen atoms in total. The van der Waals surface area contributed by atoms with Gasteiger partial charge in [-0.3, -0.25) is 14.4 Å². The number of aromatic amines is 1. The minimum atomic E-state index is -0.357. The van der Waals surface area contributed by atoms with Gasteiger partial charge in [-0.2, -0.15) is 0 Å². The van der Waals surface area contributed by atoms with Crippen LogP contribution in [0, 0.1) is 13.8 Å². The van der Waals surface area contributed by atoms with E-state index in [9.17, 15) is 14.4 Å². The number of hydrogen-bond donors (Lipinski definition) is 1. The molecule has 0 aromatic carbocycles. The summed E-state index contributed by atoms with van der Waals surface area (Å²) in [4.78, 5) is 43.1. The highest BCUT2D eigenvalue weighted by Crippen LogP contribution is 2.04. The molecule has 1 aromatic rings. The smallest absolute Gasteiger partial charge is 0.307 e. The molecule has 0 unspecified atom stereocenters. The normalized spacial score (nSPS) is 10.3. The van der Waals surface area contributed by atoms with E-state index in [0.717, 1.165) is 0 Å². The third-order valence-electron chi connectivity index (χ3n) is 3.23. The molecule has 0 saturated heterocycles. The number of aryl methyl sites for hydroxylation is 2. The van der Waals surface area contributed by atoms with Gasteiger partial charge in [0, 0.05) is 31.3 Å². The van der Waals surface area contributed by atoms with Gasteiger partial charge in [0.1, 0.15) is 5.82 Å². The average Bonchev–Trinajstić information content (AvgIpc) is 2.42. The van der Waals surface area contributed by atoms with Crippen LogP contribution < -0.4 is 5.56 Å². The first-order valence-electron chi connectivity index (χ1n) is 6.72. The molecule has 0 aliphatic heterocycles. The lowest BCUT2D eigenvalue weighted by molar-refractivity contribution is -0.141. The second-order valence-electron chi connectivity index (χ2n) is 4.86. The number of nitrogens with one attached hydrogen (secondary N) is 1. The van der Waals surface area contributed by atoms with Gasteiger partial charge in [0.15, 0.2) is 0 Å². The fourth-order valence-corrected chi connectivity index (χ4v) is 1.95. The van der Waals surface area contributed by atoms with Gasteiger partial charge in [0.05, 0.1) is 13.5 Å². The van der Waals surface area contributed by atoms with Crippen molar-refractivity contribution in [3.63, 3.8) is 0 Å². The Morgan fingerprint density at radius 2 is 1.95 bits per heavy atom. The molecule has 116 valence electrons. The van der Waals surface area contributed by atoms with E-state index >= 15 is 0 Å². The fourth-order valence-electron chi connectivity index (χ4n) is 1.95. The average molecular weight is 295 g/mol. The van der Waals surface area contributed by atoms with Crippen LogP contribution in [0.2, 0.25) is 0 Å². The number of methoxy groups -OCH3 is 1. The highest BCUT2D eigenvalue weighted by molar-refractivity contribution is 5.77. The van der Waals surface area contributed by atoms with E-state index in [0.29, 0.717) is 30.0 Å². The van der Waals surface area contributed by atoms with Crippen LogP contribution in [0.25, 0.3) is 0 Å². The van der Waals surface area contributed by atoms with E-state index in [4.69, 9.17) is 0 Å². The number of aromatic nitrogens is 2. The van der Waals surface area contributed by atoms with Crippen molar-refractivity contribution in [2.45, 2.75) is 33.1 Å². The van der Waals surface area contributed by atoms with Crippen LogP contribution in [-0.2, 0) is 20.7 Å². The minimum Gasteiger partial charge on any atom is -0.469 e. The lowest BCUT2D eigenvalue weighted by Gasteiger charge is -2.16. The van der Waals surface area contributed by atoms with E-state index in [2.05, 4.69) is 14.7 Å². The number of H-pyrrole nitrogens is 1. The third-order valence-corrected chi connectivity index (χ3v) is 3.23. The summed E-state index contributed by atoms with van der Waals surface area (Å²) in [6.45, 7) is 3.76. The largest absolute Gasteiger partial charge is 0.469 e. The maximum atomic E-state index is 11.9. The van der Waals surface area contributed by atoms with Crippen molar-refractivity contribution in [1.29, 1.82) is 0 Å². The molecule has 1 amide bonds. The Bertz CT molecular complexity index is 580. The first-order chi connectivity index (χ1) is 9.85. The lowest BCUT2D eigenvalue weighted by atomic mass is 10.1. The van der Waals surface area contributed by atoms with E-state index in [1.807, 2.05) is 0 Å². The first-order valence-corrected chi connectivity index (χ1v) is 6.72. The van der Waals surface area contributed by atoms with E-state index in [1.165, 1.54) is 12.0 Å². The summed E-state index contributed by atoms with van der Waals surface area (Å²) in [7, 11) is 2.93.